The number of methoxy groups -OCH3 is 1. The molecule has 28 heavy (non-hydrogen) atoms. The van der Waals surface area contributed by atoms with Crippen molar-refractivity contribution in [3.05, 3.63) is 41.1 Å². The third kappa shape index (κ3) is 3.97. The van der Waals surface area contributed by atoms with Gasteiger partial charge in [0.25, 0.3) is 0 Å². The Morgan fingerprint density at radius 1 is 1.32 bits per heavy atom. The van der Waals surface area contributed by atoms with E-state index in [2.05, 4.69) is 17.9 Å². The highest BCUT2D eigenvalue weighted by molar-refractivity contribution is 5.89. The first-order chi connectivity index (χ1) is 13.3. The summed E-state index contributed by atoms with van der Waals surface area (Å²) in [4.78, 5) is 19.1. The Hall–Kier alpha value is -2.60. The molecule has 6 heteroatoms. The summed E-state index contributed by atoms with van der Waals surface area (Å²) < 4.78 is 16.0. The van der Waals surface area contributed by atoms with Crippen LogP contribution in [0.5, 0.6) is 5.75 Å². The molecule has 1 aromatic heterocycles. The zero-order chi connectivity index (χ0) is 20.5. The molecule has 1 aromatic carbocycles. The molecule has 0 saturated carbocycles. The van der Waals surface area contributed by atoms with E-state index in [4.69, 9.17) is 19.2 Å². The van der Waals surface area contributed by atoms with Crippen LogP contribution < -0.4 is 4.74 Å². The van der Waals surface area contributed by atoms with Gasteiger partial charge in [0, 0.05) is 24.6 Å². The quantitative estimate of drug-likeness (QED) is 0.552. The lowest BCUT2D eigenvalue weighted by Gasteiger charge is -2.19. The maximum Gasteiger partial charge on any atom is 0.514 e. The average Bonchev–Trinajstić information content (AvgIpc) is 2.95. The number of fused-ring (bicyclic) bond motifs is 2. The molecule has 0 fully saturated rings. The first-order valence-corrected chi connectivity index (χ1v) is 9.54. The minimum Gasteiger partial charge on any atom is -0.428 e. The lowest BCUT2D eigenvalue weighted by molar-refractivity contribution is 0.0206. The smallest absolute Gasteiger partial charge is 0.428 e. The van der Waals surface area contributed by atoms with Crippen LogP contribution >= 0.6 is 0 Å². The van der Waals surface area contributed by atoms with E-state index in [0.717, 1.165) is 35.3 Å². The predicted octanol–water partition coefficient (Wildman–Crippen LogP) is 4.89. The van der Waals surface area contributed by atoms with Crippen LogP contribution in [0.4, 0.5) is 4.79 Å². The summed E-state index contributed by atoms with van der Waals surface area (Å²) in [5.74, 6) is 0.455. The van der Waals surface area contributed by atoms with Crippen molar-refractivity contribution in [3.8, 4) is 5.75 Å². The summed E-state index contributed by atoms with van der Waals surface area (Å²) in [5, 5.41) is 0.997. The summed E-state index contributed by atoms with van der Waals surface area (Å²) in [6.45, 7) is 10.8. The topological polar surface area (TPSA) is 60.9 Å². The van der Waals surface area contributed by atoms with Gasteiger partial charge in [0.05, 0.1) is 16.9 Å². The van der Waals surface area contributed by atoms with Gasteiger partial charge in [0.15, 0.2) is 0 Å². The van der Waals surface area contributed by atoms with Gasteiger partial charge in [-0.3, -0.25) is 0 Å². The number of aryl methyl sites for hydroxylation is 1. The second-order valence-corrected chi connectivity index (χ2v) is 7.81. The van der Waals surface area contributed by atoms with Crippen molar-refractivity contribution in [2.75, 3.05) is 13.8 Å². The first kappa shape index (κ1) is 20.1. The van der Waals surface area contributed by atoms with Crippen molar-refractivity contribution in [2.45, 2.75) is 53.2 Å². The molecule has 6 nitrogen and oxygen atoms in total. The molecule has 1 aliphatic heterocycles. The largest absolute Gasteiger partial charge is 0.514 e. The van der Waals surface area contributed by atoms with E-state index in [-0.39, 0.29) is 0 Å². The van der Waals surface area contributed by atoms with Gasteiger partial charge in [-0.05, 0) is 57.9 Å². The van der Waals surface area contributed by atoms with E-state index in [1.165, 1.54) is 11.1 Å². The molecule has 0 saturated heterocycles. The van der Waals surface area contributed by atoms with E-state index in [1.54, 1.807) is 13.2 Å². The van der Waals surface area contributed by atoms with Crippen LogP contribution in [0.3, 0.4) is 0 Å². The molecule has 0 bridgehead atoms. The zero-order valence-electron chi connectivity index (χ0n) is 17.5. The second kappa shape index (κ2) is 7.80. The number of nitrogens with zero attached hydrogens (tertiary/aromatic N) is 2. The molecular weight excluding hydrogens is 356 g/mol. The molecule has 0 N–H and O–H groups in total. The highest BCUT2D eigenvalue weighted by Crippen LogP contribution is 2.37. The van der Waals surface area contributed by atoms with Crippen LogP contribution in [0.2, 0.25) is 0 Å². The van der Waals surface area contributed by atoms with Gasteiger partial charge in [-0.1, -0.05) is 13.0 Å². The van der Waals surface area contributed by atoms with Gasteiger partial charge in [0.2, 0.25) is 0 Å². The number of ether oxygens (including phenoxy) is 3. The summed E-state index contributed by atoms with van der Waals surface area (Å²) in [6, 6.07) is 5.52. The molecule has 2 aromatic rings. The van der Waals surface area contributed by atoms with E-state index < -0.39 is 11.8 Å². The van der Waals surface area contributed by atoms with Crippen molar-refractivity contribution in [1.29, 1.82) is 0 Å². The van der Waals surface area contributed by atoms with Gasteiger partial charge >= 0.3 is 6.16 Å². The summed E-state index contributed by atoms with van der Waals surface area (Å²) in [5.41, 5.74) is 4.79. The van der Waals surface area contributed by atoms with Crippen molar-refractivity contribution < 1.29 is 19.0 Å². The monoisotopic (exact) mass is 384 g/mol. The van der Waals surface area contributed by atoms with Crippen molar-refractivity contribution >= 4 is 22.8 Å². The number of allylic oxidation sites excluding steroid dienone is 1. The number of hydrogen-bond donors (Lipinski definition) is 0. The Bertz CT molecular complexity index is 928. The summed E-state index contributed by atoms with van der Waals surface area (Å²) in [7, 11) is 1.70. The lowest BCUT2D eigenvalue weighted by Crippen LogP contribution is -2.25. The molecule has 150 valence electrons. The van der Waals surface area contributed by atoms with E-state index >= 15 is 0 Å². The number of carbonyl (C=O) groups is 1. The fourth-order valence-electron chi connectivity index (χ4n) is 3.58. The third-order valence-electron chi connectivity index (χ3n) is 4.61. The van der Waals surface area contributed by atoms with Crippen LogP contribution in [0, 0.1) is 0 Å². The van der Waals surface area contributed by atoms with E-state index in [1.807, 2.05) is 39.8 Å². The number of carbonyl (C=O) groups excluding carboxylic acids is 1. The minimum absolute atomic E-state index is 0.455. The Balaban J connectivity index is 2.02. The normalized spacial score (nSPS) is 15.2. The summed E-state index contributed by atoms with van der Waals surface area (Å²) >= 11 is 0. The number of benzene rings is 1. The highest BCUT2D eigenvalue weighted by Gasteiger charge is 2.28. The van der Waals surface area contributed by atoms with Gasteiger partial charge in [-0.2, -0.15) is 0 Å². The fraction of sp³-hybridized carbons (Fsp3) is 0.455. The van der Waals surface area contributed by atoms with E-state index in [9.17, 15) is 4.79 Å². The molecule has 0 unspecified atom stereocenters. The molecule has 1 aliphatic rings. The Morgan fingerprint density at radius 2 is 2.07 bits per heavy atom. The Morgan fingerprint density at radius 3 is 2.68 bits per heavy atom. The molecule has 0 spiro atoms. The lowest BCUT2D eigenvalue weighted by atomic mass is 9.99. The second-order valence-electron chi connectivity index (χ2n) is 7.81. The van der Waals surface area contributed by atoms with Crippen LogP contribution in [-0.4, -0.2) is 35.5 Å². The number of hydrogen-bond acceptors (Lipinski definition) is 6. The molecule has 3 rings (SSSR count). The maximum atomic E-state index is 12.0. The van der Waals surface area contributed by atoms with Crippen LogP contribution in [0.25, 0.3) is 16.6 Å². The van der Waals surface area contributed by atoms with Crippen LogP contribution in [0.15, 0.2) is 24.3 Å². The van der Waals surface area contributed by atoms with Crippen molar-refractivity contribution in [3.63, 3.8) is 0 Å². The number of aromatic nitrogens is 1. The van der Waals surface area contributed by atoms with Crippen LogP contribution in [-0.2, 0) is 22.4 Å². The van der Waals surface area contributed by atoms with Gasteiger partial charge in [0.1, 0.15) is 18.1 Å². The molecule has 0 radical (unpaired) electrons. The van der Waals surface area contributed by atoms with Gasteiger partial charge in [-0.15, -0.1) is 0 Å². The van der Waals surface area contributed by atoms with Gasteiger partial charge in [-0.25, -0.2) is 9.78 Å². The predicted molar refractivity (Wildman–Crippen MR) is 109 cm³/mol. The molecular formula is C22H28N2O4. The Labute approximate surface area is 166 Å². The number of rotatable bonds is 4. The van der Waals surface area contributed by atoms with Crippen molar-refractivity contribution in [1.82, 2.24) is 9.88 Å². The minimum atomic E-state index is -0.707. The first-order valence-electron chi connectivity index (χ1n) is 9.54. The molecule has 0 aliphatic carbocycles. The summed E-state index contributed by atoms with van der Waals surface area (Å²) in [6.07, 6.45) is 2.22. The molecule has 2 heterocycles. The zero-order valence-corrected chi connectivity index (χ0v) is 17.5. The SMILES string of the molecule is C/C=C1/c2nc3ccc(OC(=O)OC(C)(C)C)cc3c(CC)c2CN1COC. The average molecular weight is 384 g/mol. The van der Waals surface area contributed by atoms with E-state index in [0.29, 0.717) is 12.5 Å². The van der Waals surface area contributed by atoms with Gasteiger partial charge < -0.3 is 19.1 Å². The number of pyridine rings is 1. The Kier molecular flexibility index (Phi) is 5.61. The standard InChI is InChI=1S/C22H28N2O4/c1-7-15-16-11-14(27-21(25)28-22(3,4)5)9-10-18(16)23-20-17(15)12-24(13-26-6)19(20)8-2/h8-11H,7,12-13H2,1-6H3/b19-8-. The third-order valence-corrected chi connectivity index (χ3v) is 4.61. The van der Waals surface area contributed by atoms with Crippen LogP contribution in [0.1, 0.15) is 51.4 Å². The fourth-order valence-corrected chi connectivity index (χ4v) is 3.58. The molecule has 0 atom stereocenters. The highest BCUT2D eigenvalue weighted by atomic mass is 16.7. The maximum absolute atomic E-state index is 12.0. The molecule has 0 amide bonds. The van der Waals surface area contributed by atoms with Crippen molar-refractivity contribution in [2.24, 2.45) is 0 Å².